The van der Waals surface area contributed by atoms with E-state index in [1.54, 1.807) is 0 Å². The lowest BCUT2D eigenvalue weighted by Crippen LogP contribution is -2.04. The first-order valence-corrected chi connectivity index (χ1v) is 8.29. The highest BCUT2D eigenvalue weighted by molar-refractivity contribution is 7.48. The molecule has 0 aliphatic carbocycles. The second-order valence-corrected chi connectivity index (χ2v) is 5.75. The minimum Gasteiger partial charge on any atom is -0.396 e. The van der Waals surface area contributed by atoms with Gasteiger partial charge in [0.25, 0.3) is 0 Å². The van der Waals surface area contributed by atoms with Crippen LogP contribution < -0.4 is 0 Å². The molecule has 0 rings (SSSR count). The molecule has 0 spiro atoms. The largest absolute Gasteiger partial charge is 0.474 e. The Morgan fingerprint density at radius 2 is 1.28 bits per heavy atom. The van der Waals surface area contributed by atoms with Crippen LogP contribution in [0.2, 0.25) is 0 Å². The van der Waals surface area contributed by atoms with Crippen LogP contribution in [-0.2, 0) is 18.1 Å². The Balaban J connectivity index is 3.99. The van der Waals surface area contributed by atoms with E-state index in [1.807, 2.05) is 13.8 Å². The van der Waals surface area contributed by atoms with E-state index in [9.17, 15) is 4.57 Å². The van der Waals surface area contributed by atoms with Gasteiger partial charge >= 0.3 is 7.82 Å². The van der Waals surface area contributed by atoms with Crippen molar-refractivity contribution < 1.29 is 23.2 Å². The average Bonchev–Trinajstić information content (AvgIpc) is 2.36. The van der Waals surface area contributed by atoms with Gasteiger partial charge in [-0.15, -0.1) is 0 Å². The molecule has 0 aromatic carbocycles. The third-order valence-electron chi connectivity index (χ3n) is 2.30. The fraction of sp³-hybridized carbons (Fsp3) is 1.00. The summed E-state index contributed by atoms with van der Waals surface area (Å²) in [5, 5.41) is 8.66. The second-order valence-electron chi connectivity index (χ2n) is 4.08. The zero-order valence-corrected chi connectivity index (χ0v) is 12.5. The molecule has 0 atom stereocenters. The molecule has 0 radical (unpaired) electrons. The minimum absolute atomic E-state index is 0.112. The van der Waals surface area contributed by atoms with Crippen LogP contribution in [0.3, 0.4) is 0 Å². The van der Waals surface area contributed by atoms with Gasteiger partial charge in [-0.2, -0.15) is 0 Å². The maximum Gasteiger partial charge on any atom is 0.474 e. The SMILES string of the molecule is CCCCOP(=O)(OCCCC)OCCCCO. The summed E-state index contributed by atoms with van der Waals surface area (Å²) in [6.07, 6.45) is 4.89. The van der Waals surface area contributed by atoms with Crippen molar-refractivity contribution in [1.82, 2.24) is 0 Å². The Morgan fingerprint density at radius 3 is 1.67 bits per heavy atom. The van der Waals surface area contributed by atoms with Crippen molar-refractivity contribution >= 4 is 7.82 Å². The van der Waals surface area contributed by atoms with E-state index in [4.69, 9.17) is 18.7 Å². The molecule has 0 saturated heterocycles. The molecule has 18 heavy (non-hydrogen) atoms. The monoisotopic (exact) mass is 282 g/mol. The van der Waals surface area contributed by atoms with E-state index in [1.165, 1.54) is 0 Å². The highest BCUT2D eigenvalue weighted by atomic mass is 31.2. The van der Waals surface area contributed by atoms with E-state index in [2.05, 4.69) is 0 Å². The van der Waals surface area contributed by atoms with Crippen LogP contribution in [0.5, 0.6) is 0 Å². The molecular weight excluding hydrogens is 255 g/mol. The van der Waals surface area contributed by atoms with Gasteiger partial charge in [0.2, 0.25) is 0 Å². The highest BCUT2D eigenvalue weighted by Gasteiger charge is 2.25. The number of hydrogen-bond donors (Lipinski definition) is 1. The molecule has 0 aliphatic heterocycles. The van der Waals surface area contributed by atoms with Crippen molar-refractivity contribution in [2.24, 2.45) is 0 Å². The van der Waals surface area contributed by atoms with Crippen LogP contribution in [0.15, 0.2) is 0 Å². The number of phosphoric ester groups is 1. The Hall–Kier alpha value is 0.0700. The summed E-state index contributed by atoms with van der Waals surface area (Å²) in [7, 11) is -3.40. The van der Waals surface area contributed by atoms with Gasteiger partial charge in [0, 0.05) is 6.61 Å². The van der Waals surface area contributed by atoms with E-state index in [0.717, 1.165) is 25.7 Å². The summed E-state index contributed by atoms with van der Waals surface area (Å²) >= 11 is 0. The van der Waals surface area contributed by atoms with Crippen LogP contribution in [0.4, 0.5) is 0 Å². The molecule has 6 heteroatoms. The maximum absolute atomic E-state index is 12.2. The van der Waals surface area contributed by atoms with Crippen LogP contribution in [0.1, 0.15) is 52.4 Å². The number of unbranched alkanes of at least 4 members (excludes halogenated alkanes) is 3. The fourth-order valence-corrected chi connectivity index (χ4v) is 2.43. The number of hydrogen-bond acceptors (Lipinski definition) is 5. The zero-order chi connectivity index (χ0) is 13.7. The van der Waals surface area contributed by atoms with Gasteiger partial charge in [-0.1, -0.05) is 26.7 Å². The van der Waals surface area contributed by atoms with Gasteiger partial charge in [-0.05, 0) is 25.7 Å². The first-order valence-electron chi connectivity index (χ1n) is 6.83. The molecule has 0 aromatic heterocycles. The van der Waals surface area contributed by atoms with Crippen molar-refractivity contribution in [2.45, 2.75) is 52.4 Å². The van der Waals surface area contributed by atoms with Crippen molar-refractivity contribution in [3.8, 4) is 0 Å². The molecule has 0 heterocycles. The Kier molecular flexibility index (Phi) is 12.2. The quantitative estimate of drug-likeness (QED) is 0.413. The van der Waals surface area contributed by atoms with Crippen molar-refractivity contribution in [1.29, 1.82) is 0 Å². The lowest BCUT2D eigenvalue weighted by Gasteiger charge is -2.17. The van der Waals surface area contributed by atoms with Gasteiger partial charge in [0.15, 0.2) is 0 Å². The summed E-state index contributed by atoms with van der Waals surface area (Å²) in [6, 6.07) is 0. The molecule has 0 aliphatic rings. The van der Waals surface area contributed by atoms with Gasteiger partial charge in [-0.25, -0.2) is 4.57 Å². The van der Waals surface area contributed by atoms with Gasteiger partial charge in [0.05, 0.1) is 19.8 Å². The average molecular weight is 282 g/mol. The molecule has 5 nitrogen and oxygen atoms in total. The zero-order valence-electron chi connectivity index (χ0n) is 11.6. The molecule has 0 bridgehead atoms. The van der Waals surface area contributed by atoms with Gasteiger partial charge in [-0.3, -0.25) is 13.6 Å². The molecule has 0 fully saturated rings. The number of phosphoric acid groups is 1. The summed E-state index contributed by atoms with van der Waals surface area (Å²) in [6.45, 7) is 5.25. The summed E-state index contributed by atoms with van der Waals surface area (Å²) in [4.78, 5) is 0. The van der Waals surface area contributed by atoms with Crippen LogP contribution in [0, 0.1) is 0 Å². The lowest BCUT2D eigenvalue weighted by molar-refractivity contribution is 0.108. The number of rotatable bonds is 13. The molecule has 0 aromatic rings. The van der Waals surface area contributed by atoms with E-state index in [0.29, 0.717) is 26.1 Å². The molecule has 110 valence electrons. The van der Waals surface area contributed by atoms with E-state index in [-0.39, 0.29) is 13.2 Å². The van der Waals surface area contributed by atoms with E-state index >= 15 is 0 Å². The topological polar surface area (TPSA) is 65.0 Å². The Bertz CT molecular complexity index is 209. The lowest BCUT2D eigenvalue weighted by atomic mass is 10.3. The smallest absolute Gasteiger partial charge is 0.396 e. The van der Waals surface area contributed by atoms with Crippen molar-refractivity contribution in [3.05, 3.63) is 0 Å². The van der Waals surface area contributed by atoms with Crippen molar-refractivity contribution in [2.75, 3.05) is 26.4 Å². The predicted molar refractivity (Wildman–Crippen MR) is 71.6 cm³/mol. The standard InChI is InChI=1S/C12H27O5P/c1-3-5-10-15-18(14,16-11-6-4-2)17-12-8-7-9-13/h13H,3-12H2,1-2H3. The molecule has 0 saturated carbocycles. The van der Waals surface area contributed by atoms with Crippen LogP contribution in [0.25, 0.3) is 0 Å². The molecular formula is C12H27O5P. The third kappa shape index (κ3) is 10.0. The first-order chi connectivity index (χ1) is 8.68. The Morgan fingerprint density at radius 1 is 0.833 bits per heavy atom. The fourth-order valence-electron chi connectivity index (χ4n) is 1.14. The number of aliphatic hydroxyl groups is 1. The normalized spacial score (nSPS) is 11.9. The maximum atomic E-state index is 12.2. The second kappa shape index (κ2) is 12.1. The minimum atomic E-state index is -3.40. The molecule has 0 amide bonds. The van der Waals surface area contributed by atoms with Crippen LogP contribution in [-0.4, -0.2) is 31.5 Å². The van der Waals surface area contributed by atoms with Crippen LogP contribution >= 0.6 is 7.82 Å². The summed E-state index contributed by atoms with van der Waals surface area (Å²) in [5.41, 5.74) is 0. The van der Waals surface area contributed by atoms with Gasteiger partial charge in [0.1, 0.15) is 0 Å². The first kappa shape index (κ1) is 18.1. The van der Waals surface area contributed by atoms with E-state index < -0.39 is 7.82 Å². The Labute approximate surface area is 110 Å². The summed E-state index contributed by atoms with van der Waals surface area (Å²) in [5.74, 6) is 0. The number of aliphatic hydroxyl groups excluding tert-OH is 1. The third-order valence-corrected chi connectivity index (χ3v) is 3.79. The molecule has 0 unspecified atom stereocenters. The summed E-state index contributed by atoms with van der Waals surface area (Å²) < 4.78 is 27.9. The molecule has 1 N–H and O–H groups in total. The highest BCUT2D eigenvalue weighted by Crippen LogP contribution is 2.49. The van der Waals surface area contributed by atoms with Gasteiger partial charge < -0.3 is 5.11 Å². The van der Waals surface area contributed by atoms with Crippen molar-refractivity contribution in [3.63, 3.8) is 0 Å². The predicted octanol–water partition coefficient (Wildman–Crippen LogP) is 3.52.